The molecule has 0 aliphatic heterocycles. The number of carbonyl (C=O) groups is 1. The zero-order chi connectivity index (χ0) is 13.9. The van der Waals surface area contributed by atoms with E-state index in [1.54, 1.807) is 13.8 Å². The molecule has 0 heterocycles. The Morgan fingerprint density at radius 2 is 1.67 bits per heavy atom. The minimum absolute atomic E-state index is 0.101. The quantitative estimate of drug-likeness (QED) is 0.646. The lowest BCUT2D eigenvalue weighted by atomic mass is 10.2. The highest BCUT2D eigenvalue weighted by Crippen LogP contribution is 2.23. The summed E-state index contributed by atoms with van der Waals surface area (Å²) >= 11 is 0. The normalized spacial score (nSPS) is 10.6. The van der Waals surface area contributed by atoms with E-state index in [0.29, 0.717) is 0 Å². The van der Waals surface area contributed by atoms with Crippen LogP contribution in [0.1, 0.15) is 13.8 Å². The van der Waals surface area contributed by atoms with Gasteiger partial charge in [-0.25, -0.2) is 17.6 Å². The lowest BCUT2D eigenvalue weighted by Gasteiger charge is -2.11. The predicted molar refractivity (Wildman–Crippen MR) is 58.0 cm³/mol. The highest BCUT2D eigenvalue weighted by Gasteiger charge is 2.19. The molecule has 1 aromatic carbocycles. The third kappa shape index (κ3) is 3.35. The number of hydrogen-bond donors (Lipinski definition) is 2. The zero-order valence-corrected chi connectivity index (χ0v) is 9.78. The summed E-state index contributed by atoms with van der Waals surface area (Å²) in [6.45, 7) is 2.90. The maximum atomic E-state index is 13.2. The first kappa shape index (κ1) is 14.3. The maximum Gasteiger partial charge on any atom is 0.239 e. The largest absolute Gasteiger partial charge is 0.371 e. The molecular formula is C11H12F4N2O. The third-order valence-electron chi connectivity index (χ3n) is 1.99. The van der Waals surface area contributed by atoms with Crippen molar-refractivity contribution in [3.05, 3.63) is 29.3 Å². The second-order valence-electron chi connectivity index (χ2n) is 3.92. The van der Waals surface area contributed by atoms with Crippen LogP contribution in [0.3, 0.4) is 0 Å². The first-order valence-corrected chi connectivity index (χ1v) is 5.19. The Morgan fingerprint density at radius 1 is 1.17 bits per heavy atom. The number of rotatable bonds is 4. The second kappa shape index (κ2) is 5.70. The van der Waals surface area contributed by atoms with Gasteiger partial charge in [0.15, 0.2) is 23.3 Å². The molecule has 0 saturated carbocycles. The monoisotopic (exact) mass is 264 g/mol. The van der Waals surface area contributed by atoms with Gasteiger partial charge in [0.1, 0.15) is 5.69 Å². The molecule has 0 radical (unpaired) electrons. The number of halogens is 4. The molecule has 100 valence electrons. The minimum atomic E-state index is -1.56. The highest BCUT2D eigenvalue weighted by molar-refractivity contribution is 5.81. The smallest absolute Gasteiger partial charge is 0.239 e. The number of nitrogens with one attached hydrogen (secondary N) is 2. The molecule has 0 fully saturated rings. The van der Waals surface area contributed by atoms with Gasteiger partial charge < -0.3 is 10.6 Å². The van der Waals surface area contributed by atoms with Crippen LogP contribution in [0.2, 0.25) is 0 Å². The van der Waals surface area contributed by atoms with Crippen molar-refractivity contribution in [1.82, 2.24) is 5.32 Å². The highest BCUT2D eigenvalue weighted by atomic mass is 19.2. The van der Waals surface area contributed by atoms with E-state index in [1.807, 2.05) is 5.32 Å². The van der Waals surface area contributed by atoms with E-state index in [2.05, 4.69) is 5.32 Å². The van der Waals surface area contributed by atoms with Crippen LogP contribution in [-0.4, -0.2) is 18.5 Å². The van der Waals surface area contributed by atoms with Crippen LogP contribution >= 0.6 is 0 Å². The summed E-state index contributed by atoms with van der Waals surface area (Å²) in [6, 6.07) is -0.0532. The van der Waals surface area contributed by atoms with Gasteiger partial charge in [0.25, 0.3) is 0 Å². The first-order valence-electron chi connectivity index (χ1n) is 5.19. The van der Waals surface area contributed by atoms with Gasteiger partial charge in [0.2, 0.25) is 5.91 Å². The minimum Gasteiger partial charge on any atom is -0.371 e. The second-order valence-corrected chi connectivity index (χ2v) is 3.92. The molecule has 1 rings (SSSR count). The molecule has 0 aromatic heterocycles. The van der Waals surface area contributed by atoms with E-state index in [-0.39, 0.29) is 12.1 Å². The Labute approximate surface area is 101 Å². The Balaban J connectivity index is 2.82. The summed E-state index contributed by atoms with van der Waals surface area (Å²) < 4.78 is 52.0. The molecule has 3 nitrogen and oxygen atoms in total. The molecule has 0 aliphatic carbocycles. The summed E-state index contributed by atoms with van der Waals surface area (Å²) in [5.74, 6) is -6.73. The average molecular weight is 264 g/mol. The average Bonchev–Trinajstić information content (AvgIpc) is 2.25. The van der Waals surface area contributed by atoms with Crippen LogP contribution in [0, 0.1) is 23.3 Å². The summed E-state index contributed by atoms with van der Waals surface area (Å²) in [7, 11) is 0. The molecular weight excluding hydrogens is 252 g/mol. The van der Waals surface area contributed by atoms with Crippen molar-refractivity contribution in [3.63, 3.8) is 0 Å². The fourth-order valence-corrected chi connectivity index (χ4v) is 1.27. The van der Waals surface area contributed by atoms with Crippen LogP contribution < -0.4 is 10.6 Å². The Hall–Kier alpha value is -1.79. The Morgan fingerprint density at radius 3 is 2.11 bits per heavy atom. The molecule has 0 atom stereocenters. The van der Waals surface area contributed by atoms with Gasteiger partial charge in [-0.3, -0.25) is 4.79 Å². The van der Waals surface area contributed by atoms with Crippen LogP contribution in [0.4, 0.5) is 23.2 Å². The van der Waals surface area contributed by atoms with E-state index in [0.717, 1.165) is 0 Å². The van der Waals surface area contributed by atoms with Gasteiger partial charge in [-0.05, 0) is 13.8 Å². The first-order chi connectivity index (χ1) is 8.32. The van der Waals surface area contributed by atoms with E-state index >= 15 is 0 Å². The van der Waals surface area contributed by atoms with E-state index in [1.165, 1.54) is 0 Å². The van der Waals surface area contributed by atoms with Crippen molar-refractivity contribution in [2.75, 3.05) is 11.9 Å². The summed E-state index contributed by atoms with van der Waals surface area (Å²) in [5.41, 5.74) is -0.994. The van der Waals surface area contributed by atoms with Crippen LogP contribution in [0.15, 0.2) is 6.07 Å². The standard InChI is InChI=1S/C11H12F4N2O/c1-5(2)17-8(18)4-16-11-9(14)6(12)3-7(13)10(11)15/h3,5,16H,4H2,1-2H3,(H,17,18). The maximum absolute atomic E-state index is 13.2. The zero-order valence-electron chi connectivity index (χ0n) is 9.78. The number of amides is 1. The van der Waals surface area contributed by atoms with Gasteiger partial charge in [-0.15, -0.1) is 0 Å². The molecule has 7 heteroatoms. The van der Waals surface area contributed by atoms with Crippen molar-refractivity contribution < 1.29 is 22.4 Å². The van der Waals surface area contributed by atoms with Gasteiger partial charge in [0, 0.05) is 12.1 Å². The van der Waals surface area contributed by atoms with Crippen molar-refractivity contribution in [3.8, 4) is 0 Å². The molecule has 0 spiro atoms. The molecule has 1 aromatic rings. The molecule has 18 heavy (non-hydrogen) atoms. The van der Waals surface area contributed by atoms with Gasteiger partial charge >= 0.3 is 0 Å². The molecule has 1 amide bonds. The van der Waals surface area contributed by atoms with E-state index in [4.69, 9.17) is 0 Å². The van der Waals surface area contributed by atoms with Gasteiger partial charge in [-0.1, -0.05) is 0 Å². The van der Waals surface area contributed by atoms with Gasteiger partial charge in [0.05, 0.1) is 6.54 Å². The molecule has 0 aliphatic rings. The van der Waals surface area contributed by atoms with E-state index in [9.17, 15) is 22.4 Å². The molecule has 0 unspecified atom stereocenters. The number of benzene rings is 1. The Bertz CT molecular complexity index is 437. The third-order valence-corrected chi connectivity index (χ3v) is 1.99. The molecule has 2 N–H and O–H groups in total. The van der Waals surface area contributed by atoms with E-state index < -0.39 is 41.4 Å². The predicted octanol–water partition coefficient (Wildman–Crippen LogP) is 2.18. The topological polar surface area (TPSA) is 41.1 Å². The van der Waals surface area contributed by atoms with Gasteiger partial charge in [-0.2, -0.15) is 0 Å². The lowest BCUT2D eigenvalue weighted by Crippen LogP contribution is -2.35. The Kier molecular flexibility index (Phi) is 4.52. The molecule has 0 saturated heterocycles. The molecule has 0 bridgehead atoms. The number of carbonyl (C=O) groups excluding carboxylic acids is 1. The van der Waals surface area contributed by atoms with Crippen molar-refractivity contribution in [1.29, 1.82) is 0 Å². The van der Waals surface area contributed by atoms with Crippen LogP contribution in [0.25, 0.3) is 0 Å². The van der Waals surface area contributed by atoms with Crippen molar-refractivity contribution in [2.24, 2.45) is 0 Å². The fraction of sp³-hybridized carbons (Fsp3) is 0.364. The SMILES string of the molecule is CC(C)NC(=O)CNc1c(F)c(F)cc(F)c1F. The number of anilines is 1. The summed E-state index contributed by atoms with van der Waals surface area (Å²) in [5, 5.41) is 4.47. The van der Waals surface area contributed by atoms with Crippen molar-refractivity contribution >= 4 is 11.6 Å². The lowest BCUT2D eigenvalue weighted by molar-refractivity contribution is -0.119. The summed E-state index contributed by atoms with van der Waals surface area (Å²) in [6.07, 6.45) is 0. The number of hydrogen-bond acceptors (Lipinski definition) is 2. The summed E-state index contributed by atoms with van der Waals surface area (Å²) in [4.78, 5) is 11.2. The van der Waals surface area contributed by atoms with Crippen LogP contribution in [0.5, 0.6) is 0 Å². The van der Waals surface area contributed by atoms with Crippen molar-refractivity contribution in [2.45, 2.75) is 19.9 Å². The van der Waals surface area contributed by atoms with Crippen LogP contribution in [-0.2, 0) is 4.79 Å². The fourth-order valence-electron chi connectivity index (χ4n) is 1.27.